The number of carbonyl (C=O) groups is 1. The number of nitrogen functional groups attached to an aromatic ring is 1. The summed E-state index contributed by atoms with van der Waals surface area (Å²) in [5, 5.41) is -0.456. The first-order valence-electron chi connectivity index (χ1n) is 12.1. The molecule has 1 aliphatic heterocycles. The Hall–Kier alpha value is -3.94. The van der Waals surface area contributed by atoms with E-state index in [0.717, 1.165) is 0 Å². The van der Waals surface area contributed by atoms with Crippen molar-refractivity contribution in [3.8, 4) is 17.1 Å². The molecule has 4 rings (SSSR count). The van der Waals surface area contributed by atoms with E-state index in [1.54, 1.807) is 17.0 Å². The van der Waals surface area contributed by atoms with Gasteiger partial charge in [0.25, 0.3) is 15.9 Å². The van der Waals surface area contributed by atoms with Gasteiger partial charge in [-0.25, -0.2) is 19.7 Å². The molecule has 0 unspecified atom stereocenters. The second kappa shape index (κ2) is 11.0. The Morgan fingerprint density at radius 3 is 2.41 bits per heavy atom. The topological polar surface area (TPSA) is 140 Å². The van der Waals surface area contributed by atoms with E-state index in [9.17, 15) is 26.4 Å². The maximum Gasteiger partial charge on any atom is 0.391 e. The monoisotopic (exact) mass is 564 g/mol. The molecule has 3 N–H and O–H groups in total. The van der Waals surface area contributed by atoms with Gasteiger partial charge in [0.05, 0.1) is 23.3 Å². The van der Waals surface area contributed by atoms with Crippen LogP contribution in [0.3, 0.4) is 0 Å². The van der Waals surface area contributed by atoms with Gasteiger partial charge in [-0.3, -0.25) is 4.79 Å². The molecule has 0 spiro atoms. The first-order chi connectivity index (χ1) is 18.3. The molecule has 10 nitrogen and oxygen atoms in total. The Bertz CT molecular complexity index is 1440. The number of ether oxygens (including phenoxy) is 1. The minimum Gasteiger partial charge on any atom is -0.475 e. The maximum absolute atomic E-state index is 13.3. The van der Waals surface area contributed by atoms with E-state index in [1.165, 1.54) is 36.5 Å². The number of carbonyl (C=O) groups excluding carboxylic acids is 1. The van der Waals surface area contributed by atoms with E-state index in [1.807, 2.05) is 18.6 Å². The number of halogens is 3. The standard InChI is InChI=1S/C25H27F3N6O4S/c1-15(2)38-21-9-6-16(14-30-21)19-8-7-18(23(31-19)34-12-10-17(11-13-34)25(26,27)28)24(35)33-39(36,37)22-5-3-4-20(29)32-22/h3-9,14-15,17H,10-13H2,1-2H3,(H2,29,32)(H,33,35). The van der Waals surface area contributed by atoms with E-state index in [2.05, 4.69) is 15.0 Å². The van der Waals surface area contributed by atoms with Crippen LogP contribution < -0.4 is 20.1 Å². The van der Waals surface area contributed by atoms with Crippen LogP contribution >= 0.6 is 0 Å². The van der Waals surface area contributed by atoms with Gasteiger partial charge >= 0.3 is 6.18 Å². The van der Waals surface area contributed by atoms with Gasteiger partial charge in [-0.1, -0.05) is 6.07 Å². The molecule has 1 amide bonds. The lowest BCUT2D eigenvalue weighted by Crippen LogP contribution is -2.41. The number of aromatic nitrogens is 3. The Morgan fingerprint density at radius 1 is 1.10 bits per heavy atom. The molecule has 0 radical (unpaired) electrons. The largest absolute Gasteiger partial charge is 0.475 e. The molecular formula is C25H27F3N6O4S. The average molecular weight is 565 g/mol. The molecule has 1 fully saturated rings. The summed E-state index contributed by atoms with van der Waals surface area (Å²) >= 11 is 0. The number of pyridine rings is 3. The van der Waals surface area contributed by atoms with Crippen molar-refractivity contribution in [1.29, 1.82) is 0 Å². The van der Waals surface area contributed by atoms with Gasteiger partial charge in [-0.05, 0) is 57.0 Å². The van der Waals surface area contributed by atoms with Crippen LogP contribution in [0, 0.1) is 5.92 Å². The second-order valence-electron chi connectivity index (χ2n) is 9.26. The average Bonchev–Trinajstić information content (AvgIpc) is 2.88. The minimum atomic E-state index is -4.39. The number of nitrogens with zero attached hydrogens (tertiary/aromatic N) is 4. The van der Waals surface area contributed by atoms with Crippen LogP contribution in [-0.2, 0) is 10.0 Å². The summed E-state index contributed by atoms with van der Waals surface area (Å²) in [4.78, 5) is 27.3. The van der Waals surface area contributed by atoms with E-state index in [-0.39, 0.29) is 49.2 Å². The summed E-state index contributed by atoms with van der Waals surface area (Å²) in [7, 11) is -4.39. The molecule has 39 heavy (non-hydrogen) atoms. The first kappa shape index (κ1) is 28.1. The Balaban J connectivity index is 1.67. The summed E-state index contributed by atoms with van der Waals surface area (Å²) < 4.78 is 72.8. The van der Waals surface area contributed by atoms with Crippen molar-refractivity contribution in [1.82, 2.24) is 19.7 Å². The maximum atomic E-state index is 13.3. The smallest absolute Gasteiger partial charge is 0.391 e. The van der Waals surface area contributed by atoms with Gasteiger partial charge in [0.1, 0.15) is 11.6 Å². The third kappa shape index (κ3) is 6.74. The lowest BCUT2D eigenvalue weighted by molar-refractivity contribution is -0.179. The molecule has 0 bridgehead atoms. The normalized spacial score (nSPS) is 14.9. The number of nitrogens with two attached hydrogens (primary N) is 1. The fraction of sp³-hybridized carbons (Fsp3) is 0.360. The Morgan fingerprint density at radius 2 is 1.82 bits per heavy atom. The number of alkyl halides is 3. The highest BCUT2D eigenvalue weighted by Gasteiger charge is 2.41. The van der Waals surface area contributed by atoms with Crippen molar-refractivity contribution in [2.45, 2.75) is 44.0 Å². The quantitative estimate of drug-likeness (QED) is 0.438. The van der Waals surface area contributed by atoms with Crippen molar-refractivity contribution in [2.24, 2.45) is 5.92 Å². The Labute approximate surface area is 223 Å². The zero-order valence-electron chi connectivity index (χ0n) is 21.1. The molecule has 0 aromatic carbocycles. The van der Waals surface area contributed by atoms with Crippen molar-refractivity contribution in [3.05, 3.63) is 54.2 Å². The van der Waals surface area contributed by atoms with Crippen LogP contribution in [0.1, 0.15) is 37.0 Å². The van der Waals surface area contributed by atoms with E-state index in [0.29, 0.717) is 17.1 Å². The minimum absolute atomic E-state index is 0.0240. The number of amides is 1. The highest BCUT2D eigenvalue weighted by molar-refractivity contribution is 7.90. The van der Waals surface area contributed by atoms with E-state index >= 15 is 0 Å². The molecule has 1 aliphatic rings. The zero-order chi connectivity index (χ0) is 28.4. The Kier molecular flexibility index (Phi) is 7.95. The third-order valence-electron chi connectivity index (χ3n) is 6.01. The predicted octanol–water partition coefficient (Wildman–Crippen LogP) is 3.81. The number of hydrogen-bond acceptors (Lipinski definition) is 9. The summed E-state index contributed by atoms with van der Waals surface area (Å²) in [6.45, 7) is 3.67. The van der Waals surface area contributed by atoms with Crippen LogP contribution in [-0.4, -0.2) is 54.6 Å². The zero-order valence-corrected chi connectivity index (χ0v) is 22.0. The SMILES string of the molecule is CC(C)Oc1ccc(-c2ccc(C(=O)NS(=O)(=O)c3cccc(N)n3)c(N3CCC(C(F)(F)F)CC3)n2)cn1. The summed E-state index contributed by atoms with van der Waals surface area (Å²) in [5.41, 5.74) is 6.41. The molecule has 208 valence electrons. The highest BCUT2D eigenvalue weighted by atomic mass is 32.2. The summed E-state index contributed by atoms with van der Waals surface area (Å²) in [6.07, 6.45) is -3.26. The number of rotatable bonds is 7. The van der Waals surface area contributed by atoms with E-state index in [4.69, 9.17) is 10.5 Å². The van der Waals surface area contributed by atoms with Crippen molar-refractivity contribution < 1.29 is 31.1 Å². The van der Waals surface area contributed by atoms with Gasteiger partial charge < -0.3 is 15.4 Å². The van der Waals surface area contributed by atoms with Crippen LogP contribution in [0.4, 0.5) is 24.8 Å². The van der Waals surface area contributed by atoms with Gasteiger partial charge in [0, 0.05) is 30.9 Å². The van der Waals surface area contributed by atoms with Crippen LogP contribution in [0.25, 0.3) is 11.3 Å². The lowest BCUT2D eigenvalue weighted by Gasteiger charge is -2.34. The fourth-order valence-electron chi connectivity index (χ4n) is 4.10. The van der Waals surface area contributed by atoms with Gasteiger partial charge in [0.15, 0.2) is 5.03 Å². The van der Waals surface area contributed by atoms with Gasteiger partial charge in [-0.15, -0.1) is 0 Å². The first-order valence-corrected chi connectivity index (χ1v) is 13.6. The number of hydrogen-bond donors (Lipinski definition) is 2. The van der Waals surface area contributed by atoms with Crippen molar-refractivity contribution in [2.75, 3.05) is 23.7 Å². The van der Waals surface area contributed by atoms with Crippen LogP contribution in [0.15, 0.2) is 53.7 Å². The molecule has 14 heteroatoms. The molecule has 3 aromatic heterocycles. The van der Waals surface area contributed by atoms with Crippen molar-refractivity contribution >= 4 is 27.6 Å². The third-order valence-corrected chi connectivity index (χ3v) is 7.25. The van der Waals surface area contributed by atoms with Crippen LogP contribution in [0.5, 0.6) is 5.88 Å². The van der Waals surface area contributed by atoms with Gasteiger partial charge in [0.2, 0.25) is 5.88 Å². The fourth-order valence-corrected chi connectivity index (χ4v) is 5.04. The molecule has 3 aromatic rings. The number of nitrogens with one attached hydrogen (secondary N) is 1. The molecule has 0 aliphatic carbocycles. The summed E-state index contributed by atoms with van der Waals surface area (Å²) in [5.74, 6) is -2.07. The molecule has 0 saturated carbocycles. The van der Waals surface area contributed by atoms with Crippen molar-refractivity contribution in [3.63, 3.8) is 0 Å². The molecule has 4 heterocycles. The second-order valence-corrected chi connectivity index (χ2v) is 10.9. The molecular weight excluding hydrogens is 537 g/mol. The molecule has 0 atom stereocenters. The number of anilines is 2. The summed E-state index contributed by atoms with van der Waals surface area (Å²) in [6, 6.07) is 10.2. The van der Waals surface area contributed by atoms with E-state index < -0.39 is 33.1 Å². The molecule has 1 saturated heterocycles. The predicted molar refractivity (Wildman–Crippen MR) is 138 cm³/mol. The van der Waals surface area contributed by atoms with Crippen LogP contribution in [0.2, 0.25) is 0 Å². The van der Waals surface area contributed by atoms with Gasteiger partial charge in [-0.2, -0.15) is 21.6 Å². The number of piperidine rings is 1. The highest BCUT2D eigenvalue weighted by Crippen LogP contribution is 2.36. The lowest BCUT2D eigenvalue weighted by atomic mass is 9.96. The number of sulfonamides is 1.